The average Bonchev–Trinajstić information content (AvgIpc) is 3.34. The summed E-state index contributed by atoms with van der Waals surface area (Å²) in [6.07, 6.45) is 12.5. The van der Waals surface area contributed by atoms with Crippen LogP contribution in [0.5, 0.6) is 0 Å². The predicted octanol–water partition coefficient (Wildman–Crippen LogP) is 7.18. The number of piperidine rings is 1. The van der Waals surface area contributed by atoms with Crippen LogP contribution in [-0.4, -0.2) is 23.0 Å². The van der Waals surface area contributed by atoms with Crippen molar-refractivity contribution in [1.29, 1.82) is 0 Å². The maximum absolute atomic E-state index is 6.47. The molecule has 2 aliphatic rings. The van der Waals surface area contributed by atoms with Gasteiger partial charge in [0.05, 0.1) is 18.7 Å². The van der Waals surface area contributed by atoms with E-state index in [0.29, 0.717) is 11.8 Å². The highest BCUT2D eigenvalue weighted by atomic mass is 16.4. The van der Waals surface area contributed by atoms with Gasteiger partial charge in [-0.2, -0.15) is 0 Å². The van der Waals surface area contributed by atoms with Crippen LogP contribution in [0.3, 0.4) is 0 Å². The van der Waals surface area contributed by atoms with Gasteiger partial charge >= 0.3 is 0 Å². The molecule has 5 rings (SSSR count). The van der Waals surface area contributed by atoms with Gasteiger partial charge in [-0.05, 0) is 61.1 Å². The highest BCUT2D eigenvalue weighted by molar-refractivity contribution is 5.27. The van der Waals surface area contributed by atoms with Gasteiger partial charge in [-0.15, -0.1) is 0 Å². The van der Waals surface area contributed by atoms with Crippen molar-refractivity contribution in [3.8, 4) is 0 Å². The van der Waals surface area contributed by atoms with Gasteiger partial charge in [0.25, 0.3) is 0 Å². The Morgan fingerprint density at radius 2 is 1.79 bits per heavy atom. The number of likely N-dealkylation sites (tertiary alicyclic amines) is 1. The molecule has 0 amide bonds. The SMILES string of the molecule is CCC1CCN(Cc2cnc(C(c3ccccc3)C3CC=CCC3)o2)CC1c1ccccc1. The number of hydrogen-bond acceptors (Lipinski definition) is 3. The van der Waals surface area contributed by atoms with Gasteiger partial charge in [0, 0.05) is 6.54 Å². The fourth-order valence-corrected chi connectivity index (χ4v) is 5.93. The number of allylic oxidation sites excluding steroid dienone is 2. The van der Waals surface area contributed by atoms with Crippen LogP contribution >= 0.6 is 0 Å². The second-order valence-electron chi connectivity index (χ2n) is 9.81. The quantitative estimate of drug-likeness (QED) is 0.364. The molecule has 172 valence electrons. The van der Waals surface area contributed by atoms with Crippen LogP contribution < -0.4 is 0 Å². The Morgan fingerprint density at radius 3 is 2.52 bits per heavy atom. The molecule has 0 saturated carbocycles. The number of nitrogens with zero attached hydrogens (tertiary/aromatic N) is 2. The van der Waals surface area contributed by atoms with Crippen molar-refractivity contribution >= 4 is 0 Å². The Bertz CT molecular complexity index is 1030. The molecule has 0 radical (unpaired) electrons. The monoisotopic (exact) mass is 440 g/mol. The summed E-state index contributed by atoms with van der Waals surface area (Å²) in [6, 6.07) is 21.9. The van der Waals surface area contributed by atoms with Crippen molar-refractivity contribution in [1.82, 2.24) is 9.88 Å². The van der Waals surface area contributed by atoms with Crippen LogP contribution in [-0.2, 0) is 6.54 Å². The fraction of sp³-hybridized carbons (Fsp3) is 0.433. The van der Waals surface area contributed by atoms with Gasteiger partial charge < -0.3 is 4.42 Å². The van der Waals surface area contributed by atoms with Crippen molar-refractivity contribution in [2.45, 2.75) is 57.4 Å². The first kappa shape index (κ1) is 22.2. The third-order valence-electron chi connectivity index (χ3n) is 7.75. The third kappa shape index (κ3) is 5.14. The second-order valence-corrected chi connectivity index (χ2v) is 9.81. The molecule has 1 aliphatic carbocycles. The lowest BCUT2D eigenvalue weighted by atomic mass is 9.79. The predicted molar refractivity (Wildman–Crippen MR) is 134 cm³/mol. The zero-order valence-corrected chi connectivity index (χ0v) is 19.8. The normalized spacial score (nSPS) is 24.6. The molecule has 1 fully saturated rings. The molecule has 33 heavy (non-hydrogen) atoms. The maximum Gasteiger partial charge on any atom is 0.202 e. The Morgan fingerprint density at radius 1 is 1.00 bits per heavy atom. The highest BCUT2D eigenvalue weighted by Gasteiger charge is 2.31. The van der Waals surface area contributed by atoms with Crippen LogP contribution in [0.15, 0.2) is 83.4 Å². The summed E-state index contributed by atoms with van der Waals surface area (Å²) in [5, 5.41) is 0. The lowest BCUT2D eigenvalue weighted by Gasteiger charge is -2.38. The summed E-state index contributed by atoms with van der Waals surface area (Å²) < 4.78 is 6.47. The Balaban J connectivity index is 1.33. The van der Waals surface area contributed by atoms with Crippen molar-refractivity contribution in [3.05, 3.63) is 102 Å². The van der Waals surface area contributed by atoms with Crippen molar-refractivity contribution < 1.29 is 4.42 Å². The van der Waals surface area contributed by atoms with E-state index >= 15 is 0 Å². The molecule has 3 heteroatoms. The minimum Gasteiger partial charge on any atom is -0.444 e. The molecule has 2 aromatic carbocycles. The van der Waals surface area contributed by atoms with E-state index in [9.17, 15) is 0 Å². The molecule has 3 nitrogen and oxygen atoms in total. The Labute approximate surface area is 198 Å². The summed E-state index contributed by atoms with van der Waals surface area (Å²) in [5.41, 5.74) is 2.79. The molecule has 1 saturated heterocycles. The largest absolute Gasteiger partial charge is 0.444 e. The van der Waals surface area contributed by atoms with Crippen LogP contribution in [0.25, 0.3) is 0 Å². The first-order valence-corrected chi connectivity index (χ1v) is 12.7. The molecule has 0 bridgehead atoms. The van der Waals surface area contributed by atoms with Gasteiger partial charge in [0.15, 0.2) is 0 Å². The van der Waals surface area contributed by atoms with Crippen LogP contribution in [0.1, 0.15) is 73.6 Å². The highest BCUT2D eigenvalue weighted by Crippen LogP contribution is 2.39. The minimum atomic E-state index is 0.229. The van der Waals surface area contributed by atoms with Gasteiger partial charge in [0.1, 0.15) is 5.76 Å². The number of aromatic nitrogens is 1. The number of hydrogen-bond donors (Lipinski definition) is 0. The third-order valence-corrected chi connectivity index (χ3v) is 7.75. The standard InChI is InChI=1S/C30H36N2O/c1-2-23-18-19-32(22-28(23)24-12-6-3-7-13-24)21-27-20-31-30(33-27)29(25-14-8-4-9-15-25)26-16-10-5-11-17-26/h3-10,12-15,20,23,26,28-29H,2,11,16-19,21-22H2,1H3. The molecule has 3 aromatic rings. The second kappa shape index (κ2) is 10.5. The van der Waals surface area contributed by atoms with Crippen molar-refractivity contribution in [2.75, 3.05) is 13.1 Å². The van der Waals surface area contributed by atoms with Crippen LogP contribution in [0, 0.1) is 11.8 Å². The topological polar surface area (TPSA) is 29.3 Å². The maximum atomic E-state index is 6.47. The van der Waals surface area contributed by atoms with Crippen molar-refractivity contribution in [3.63, 3.8) is 0 Å². The van der Waals surface area contributed by atoms with Crippen LogP contribution in [0.2, 0.25) is 0 Å². The molecular formula is C30H36N2O. The van der Waals surface area contributed by atoms with Crippen LogP contribution in [0.4, 0.5) is 0 Å². The number of benzene rings is 2. The van der Waals surface area contributed by atoms with E-state index in [-0.39, 0.29) is 5.92 Å². The number of oxazole rings is 1. The van der Waals surface area contributed by atoms with E-state index in [1.165, 1.54) is 30.4 Å². The molecule has 0 spiro atoms. The zero-order valence-electron chi connectivity index (χ0n) is 19.8. The Hall–Kier alpha value is -2.65. The number of rotatable bonds is 7. The minimum absolute atomic E-state index is 0.229. The lowest BCUT2D eigenvalue weighted by Crippen LogP contribution is -2.38. The van der Waals surface area contributed by atoms with Gasteiger partial charge in [0.2, 0.25) is 5.89 Å². The first-order valence-electron chi connectivity index (χ1n) is 12.7. The molecule has 1 aliphatic heterocycles. The molecule has 0 N–H and O–H groups in total. The summed E-state index contributed by atoms with van der Waals surface area (Å²) in [6.45, 7) is 5.41. The van der Waals surface area contributed by atoms with E-state index in [2.05, 4.69) is 84.6 Å². The van der Waals surface area contributed by atoms with E-state index in [1.54, 1.807) is 0 Å². The smallest absolute Gasteiger partial charge is 0.202 e. The zero-order chi connectivity index (χ0) is 22.5. The van der Waals surface area contributed by atoms with Crippen molar-refractivity contribution in [2.24, 2.45) is 11.8 Å². The molecular weight excluding hydrogens is 404 g/mol. The van der Waals surface area contributed by atoms with E-state index in [4.69, 9.17) is 9.40 Å². The van der Waals surface area contributed by atoms with Gasteiger partial charge in [-0.1, -0.05) is 86.2 Å². The summed E-state index contributed by atoms with van der Waals surface area (Å²) >= 11 is 0. The average molecular weight is 441 g/mol. The van der Waals surface area contributed by atoms with E-state index < -0.39 is 0 Å². The Kier molecular flexibility index (Phi) is 7.06. The molecule has 4 unspecified atom stereocenters. The van der Waals surface area contributed by atoms with E-state index in [0.717, 1.165) is 50.0 Å². The molecule has 2 heterocycles. The molecule has 1 aromatic heterocycles. The lowest BCUT2D eigenvalue weighted by molar-refractivity contribution is 0.139. The summed E-state index contributed by atoms with van der Waals surface area (Å²) in [7, 11) is 0. The fourth-order valence-electron chi connectivity index (χ4n) is 5.93. The van der Waals surface area contributed by atoms with E-state index in [1.807, 2.05) is 6.20 Å². The van der Waals surface area contributed by atoms with Gasteiger partial charge in [-0.3, -0.25) is 4.90 Å². The summed E-state index contributed by atoms with van der Waals surface area (Å²) in [5.74, 6) is 4.02. The molecule has 4 atom stereocenters. The van der Waals surface area contributed by atoms with Gasteiger partial charge in [-0.25, -0.2) is 4.98 Å². The first-order chi connectivity index (χ1) is 16.3. The summed E-state index contributed by atoms with van der Waals surface area (Å²) in [4.78, 5) is 7.39.